The lowest BCUT2D eigenvalue weighted by Gasteiger charge is -2.10. The van der Waals surface area contributed by atoms with E-state index in [1.807, 2.05) is 10.8 Å². The first-order valence-electron chi connectivity index (χ1n) is 9.16. The molecular formula is C20H19F3N6. The molecule has 0 saturated carbocycles. The molecule has 1 aromatic carbocycles. The molecule has 0 aliphatic rings. The van der Waals surface area contributed by atoms with Gasteiger partial charge in [0, 0.05) is 37.2 Å². The van der Waals surface area contributed by atoms with Crippen molar-refractivity contribution in [2.45, 2.75) is 26.1 Å². The minimum Gasteiger partial charge on any atom is -0.370 e. The van der Waals surface area contributed by atoms with E-state index in [0.29, 0.717) is 23.6 Å². The van der Waals surface area contributed by atoms with Gasteiger partial charge in [-0.1, -0.05) is 30.3 Å². The third-order valence-electron chi connectivity index (χ3n) is 4.51. The van der Waals surface area contributed by atoms with Crippen LogP contribution >= 0.6 is 0 Å². The summed E-state index contributed by atoms with van der Waals surface area (Å²) in [6, 6.07) is 10.1. The maximum atomic E-state index is 13.7. The van der Waals surface area contributed by atoms with Crippen molar-refractivity contribution in [1.29, 1.82) is 0 Å². The zero-order valence-electron chi connectivity index (χ0n) is 15.7. The van der Waals surface area contributed by atoms with Gasteiger partial charge in [0.05, 0.1) is 11.9 Å². The zero-order valence-corrected chi connectivity index (χ0v) is 15.7. The van der Waals surface area contributed by atoms with Crippen LogP contribution in [-0.4, -0.2) is 30.7 Å². The number of aryl methyl sites for hydroxylation is 2. The lowest BCUT2D eigenvalue weighted by molar-refractivity contribution is -0.140. The number of hydrogen-bond acceptors (Lipinski definition) is 4. The van der Waals surface area contributed by atoms with E-state index in [1.165, 1.54) is 4.52 Å². The number of rotatable bonds is 6. The molecule has 0 fully saturated rings. The van der Waals surface area contributed by atoms with Crippen LogP contribution in [-0.2, 0) is 12.7 Å². The van der Waals surface area contributed by atoms with Crippen molar-refractivity contribution in [1.82, 2.24) is 24.1 Å². The SMILES string of the molecule is Cc1cc(NCCCn2ccnc2)n2nc(C(F)(F)F)c(-c3ccccc3)c2n1. The summed E-state index contributed by atoms with van der Waals surface area (Å²) in [5.74, 6) is 0.478. The molecule has 150 valence electrons. The minimum atomic E-state index is -4.59. The van der Waals surface area contributed by atoms with E-state index in [9.17, 15) is 13.2 Å². The smallest absolute Gasteiger partial charge is 0.370 e. The van der Waals surface area contributed by atoms with E-state index in [4.69, 9.17) is 0 Å². The molecule has 6 nitrogen and oxygen atoms in total. The molecule has 9 heteroatoms. The molecule has 0 atom stereocenters. The van der Waals surface area contributed by atoms with Gasteiger partial charge in [0.15, 0.2) is 11.3 Å². The summed E-state index contributed by atoms with van der Waals surface area (Å²) in [5, 5.41) is 7.08. The van der Waals surface area contributed by atoms with E-state index in [1.54, 1.807) is 55.8 Å². The Labute approximate surface area is 165 Å². The molecular weight excluding hydrogens is 381 g/mol. The Morgan fingerprint density at radius 1 is 1.14 bits per heavy atom. The fourth-order valence-corrected chi connectivity index (χ4v) is 3.23. The van der Waals surface area contributed by atoms with E-state index in [0.717, 1.165) is 13.0 Å². The van der Waals surface area contributed by atoms with Gasteiger partial charge in [-0.15, -0.1) is 0 Å². The molecule has 0 bridgehead atoms. The fourth-order valence-electron chi connectivity index (χ4n) is 3.23. The Kier molecular flexibility index (Phi) is 4.96. The number of halogens is 3. The Bertz CT molecular complexity index is 1100. The third kappa shape index (κ3) is 3.94. The summed E-state index contributed by atoms with van der Waals surface area (Å²) in [7, 11) is 0. The first kappa shape index (κ1) is 19.0. The molecule has 4 rings (SSSR count). The number of benzene rings is 1. The molecule has 0 unspecified atom stereocenters. The van der Waals surface area contributed by atoms with Crippen LogP contribution in [0.25, 0.3) is 16.8 Å². The molecule has 4 aromatic rings. The number of nitrogens with one attached hydrogen (secondary N) is 1. The van der Waals surface area contributed by atoms with Gasteiger partial charge in [-0.3, -0.25) is 0 Å². The molecule has 0 aliphatic carbocycles. The van der Waals surface area contributed by atoms with Crippen LogP contribution in [0.1, 0.15) is 17.8 Å². The van der Waals surface area contributed by atoms with Gasteiger partial charge in [-0.2, -0.15) is 22.8 Å². The van der Waals surface area contributed by atoms with Gasteiger partial charge in [0.1, 0.15) is 5.82 Å². The van der Waals surface area contributed by atoms with Crippen LogP contribution in [0.5, 0.6) is 0 Å². The normalized spacial score (nSPS) is 11.9. The standard InChI is InChI=1S/C20H19F3N6/c1-14-12-16(25-8-5-10-28-11-9-24-13-28)29-19(26-14)17(15-6-3-2-4-7-15)18(27-29)20(21,22)23/h2-4,6-7,9,11-13,25H,5,8,10H2,1H3. The highest BCUT2D eigenvalue weighted by atomic mass is 19.4. The summed E-state index contributed by atoms with van der Waals surface area (Å²) < 4.78 is 44.4. The number of aromatic nitrogens is 5. The largest absolute Gasteiger partial charge is 0.435 e. The first-order chi connectivity index (χ1) is 13.9. The monoisotopic (exact) mass is 400 g/mol. The van der Waals surface area contributed by atoms with Crippen molar-refractivity contribution in [3.63, 3.8) is 0 Å². The van der Waals surface area contributed by atoms with Crippen molar-refractivity contribution >= 4 is 11.5 Å². The van der Waals surface area contributed by atoms with Crippen molar-refractivity contribution in [2.24, 2.45) is 0 Å². The lowest BCUT2D eigenvalue weighted by Crippen LogP contribution is -2.11. The molecule has 0 radical (unpaired) electrons. The Balaban J connectivity index is 1.71. The van der Waals surface area contributed by atoms with Crippen LogP contribution in [0, 0.1) is 6.92 Å². The van der Waals surface area contributed by atoms with E-state index >= 15 is 0 Å². The highest BCUT2D eigenvalue weighted by Gasteiger charge is 2.39. The predicted molar refractivity (Wildman–Crippen MR) is 103 cm³/mol. The molecule has 3 aromatic heterocycles. The number of fused-ring (bicyclic) bond motifs is 1. The lowest BCUT2D eigenvalue weighted by atomic mass is 10.1. The number of anilines is 1. The van der Waals surface area contributed by atoms with Crippen molar-refractivity contribution in [3.05, 3.63) is 66.5 Å². The third-order valence-corrected chi connectivity index (χ3v) is 4.51. The first-order valence-corrected chi connectivity index (χ1v) is 9.16. The van der Waals surface area contributed by atoms with Crippen molar-refractivity contribution in [2.75, 3.05) is 11.9 Å². The molecule has 3 heterocycles. The maximum absolute atomic E-state index is 13.7. The number of hydrogen-bond donors (Lipinski definition) is 1. The topological polar surface area (TPSA) is 60.0 Å². The zero-order chi connectivity index (χ0) is 20.4. The Morgan fingerprint density at radius 2 is 1.93 bits per heavy atom. The fraction of sp³-hybridized carbons (Fsp3) is 0.250. The average molecular weight is 400 g/mol. The second-order valence-corrected chi connectivity index (χ2v) is 6.69. The summed E-state index contributed by atoms with van der Waals surface area (Å²) >= 11 is 0. The summed E-state index contributed by atoms with van der Waals surface area (Å²) in [4.78, 5) is 8.35. The van der Waals surface area contributed by atoms with Gasteiger partial charge >= 0.3 is 6.18 Å². The number of alkyl halides is 3. The van der Waals surface area contributed by atoms with E-state index in [2.05, 4.69) is 20.4 Å². The maximum Gasteiger partial charge on any atom is 0.435 e. The van der Waals surface area contributed by atoms with Crippen LogP contribution in [0.15, 0.2) is 55.1 Å². The second-order valence-electron chi connectivity index (χ2n) is 6.69. The van der Waals surface area contributed by atoms with Gasteiger partial charge in [-0.05, 0) is 18.9 Å². The Morgan fingerprint density at radius 3 is 2.62 bits per heavy atom. The number of nitrogens with zero attached hydrogens (tertiary/aromatic N) is 5. The van der Waals surface area contributed by atoms with Gasteiger partial charge < -0.3 is 9.88 Å². The highest BCUT2D eigenvalue weighted by Crippen LogP contribution is 2.39. The molecule has 0 aliphatic heterocycles. The molecule has 0 amide bonds. The second kappa shape index (κ2) is 7.57. The quantitative estimate of drug-likeness (QED) is 0.487. The van der Waals surface area contributed by atoms with Crippen LogP contribution in [0.2, 0.25) is 0 Å². The average Bonchev–Trinajstić information content (AvgIpc) is 3.33. The Hall–Kier alpha value is -3.36. The minimum absolute atomic E-state index is 0.0109. The van der Waals surface area contributed by atoms with Crippen LogP contribution < -0.4 is 5.32 Å². The van der Waals surface area contributed by atoms with E-state index in [-0.39, 0.29) is 11.2 Å². The summed E-state index contributed by atoms with van der Waals surface area (Å²) in [5.41, 5.74) is 0.270. The van der Waals surface area contributed by atoms with Crippen molar-refractivity contribution < 1.29 is 13.2 Å². The predicted octanol–water partition coefficient (Wildman–Crippen LogP) is 4.42. The van der Waals surface area contributed by atoms with Gasteiger partial charge in [0.25, 0.3) is 0 Å². The molecule has 0 saturated heterocycles. The van der Waals surface area contributed by atoms with Gasteiger partial charge in [0.2, 0.25) is 0 Å². The van der Waals surface area contributed by atoms with Crippen molar-refractivity contribution in [3.8, 4) is 11.1 Å². The van der Waals surface area contributed by atoms with Crippen LogP contribution in [0.4, 0.5) is 19.0 Å². The van der Waals surface area contributed by atoms with Crippen LogP contribution in [0.3, 0.4) is 0 Å². The molecule has 1 N–H and O–H groups in total. The number of imidazole rings is 1. The van der Waals surface area contributed by atoms with Gasteiger partial charge in [-0.25, -0.2) is 9.97 Å². The highest BCUT2D eigenvalue weighted by molar-refractivity contribution is 5.81. The molecule has 29 heavy (non-hydrogen) atoms. The van der Waals surface area contributed by atoms with E-state index < -0.39 is 11.9 Å². The molecule has 0 spiro atoms. The summed E-state index contributed by atoms with van der Waals surface area (Å²) in [6.45, 7) is 3.08. The summed E-state index contributed by atoms with van der Waals surface area (Å²) in [6.07, 6.45) is 1.48.